The Hall–Kier alpha value is -1.24. The Morgan fingerprint density at radius 2 is 1.56 bits per heavy atom. The van der Waals surface area contributed by atoms with Crippen molar-refractivity contribution < 1.29 is 21.6 Å². The van der Waals surface area contributed by atoms with E-state index in [9.17, 15) is 21.6 Å². The summed E-state index contributed by atoms with van der Waals surface area (Å²) in [6, 6.07) is 4.69. The molecular weight excluding hydrogens is 243 g/mol. The van der Waals surface area contributed by atoms with E-state index < -0.39 is 15.5 Å². The maximum Gasteiger partial charge on any atom is 0.516 e. The summed E-state index contributed by atoms with van der Waals surface area (Å²) in [5.41, 5.74) is -4.46. The van der Waals surface area contributed by atoms with Gasteiger partial charge in [0.2, 0.25) is 0 Å². The molecule has 0 aliphatic carbocycles. The molecule has 16 heavy (non-hydrogen) atoms. The van der Waals surface area contributed by atoms with Crippen LogP contribution in [0.15, 0.2) is 18.2 Å². The zero-order valence-corrected chi connectivity index (χ0v) is 9.41. The van der Waals surface area contributed by atoms with Crippen molar-refractivity contribution in [3.63, 3.8) is 0 Å². The van der Waals surface area contributed by atoms with Crippen LogP contribution in [0.3, 0.4) is 0 Å². The molecule has 0 saturated carbocycles. The van der Waals surface area contributed by atoms with Gasteiger partial charge in [-0.15, -0.1) is 0 Å². The summed E-state index contributed by atoms with van der Waals surface area (Å²) in [5, 5.41) is 0. The van der Waals surface area contributed by atoms with E-state index >= 15 is 0 Å². The second kappa shape index (κ2) is 3.97. The number of sulfonamides is 1. The van der Waals surface area contributed by atoms with Gasteiger partial charge in [0.25, 0.3) is 0 Å². The van der Waals surface area contributed by atoms with Crippen LogP contribution < -0.4 is 4.72 Å². The number of para-hydroxylation sites is 1. The van der Waals surface area contributed by atoms with Gasteiger partial charge in [0.1, 0.15) is 0 Å². The molecule has 0 aromatic heterocycles. The molecule has 90 valence electrons. The number of alkyl halides is 3. The molecule has 0 saturated heterocycles. The van der Waals surface area contributed by atoms with Crippen LogP contribution in [0.4, 0.5) is 18.9 Å². The highest BCUT2D eigenvalue weighted by molar-refractivity contribution is 7.93. The average molecular weight is 253 g/mol. The van der Waals surface area contributed by atoms with Gasteiger partial charge in [0.05, 0.1) is 5.69 Å². The molecule has 7 heteroatoms. The molecule has 0 atom stereocenters. The molecule has 0 radical (unpaired) electrons. The summed E-state index contributed by atoms with van der Waals surface area (Å²) >= 11 is 0. The van der Waals surface area contributed by atoms with E-state index in [1.807, 2.05) is 0 Å². The largest absolute Gasteiger partial charge is 0.516 e. The number of hydrogen-bond donors (Lipinski definition) is 1. The summed E-state index contributed by atoms with van der Waals surface area (Å²) in [7, 11) is -5.35. The minimum atomic E-state index is -5.35. The second-order valence-corrected chi connectivity index (χ2v) is 4.99. The lowest BCUT2D eigenvalue weighted by Crippen LogP contribution is -2.30. The summed E-state index contributed by atoms with van der Waals surface area (Å²) in [6.45, 7) is 3.06. The zero-order valence-electron chi connectivity index (χ0n) is 8.59. The number of hydrogen-bond acceptors (Lipinski definition) is 2. The van der Waals surface area contributed by atoms with Gasteiger partial charge in [-0.3, -0.25) is 4.72 Å². The van der Waals surface area contributed by atoms with Crippen molar-refractivity contribution in [2.45, 2.75) is 19.4 Å². The van der Waals surface area contributed by atoms with E-state index in [2.05, 4.69) is 0 Å². The van der Waals surface area contributed by atoms with Gasteiger partial charge in [0, 0.05) is 0 Å². The standard InChI is InChI=1S/C9H10F3NO2S/c1-6-4-3-5-7(2)8(6)13-16(14,15)9(10,11)12/h3-5,13H,1-2H3. The molecule has 0 bridgehead atoms. The molecule has 0 aliphatic rings. The number of benzene rings is 1. The third-order valence-corrected chi connectivity index (χ3v) is 3.10. The van der Waals surface area contributed by atoms with Crippen molar-refractivity contribution in [1.82, 2.24) is 0 Å². The van der Waals surface area contributed by atoms with Gasteiger partial charge in [0.15, 0.2) is 0 Å². The third-order valence-electron chi connectivity index (χ3n) is 2.02. The van der Waals surface area contributed by atoms with Crippen LogP contribution in [0.5, 0.6) is 0 Å². The summed E-state index contributed by atoms with van der Waals surface area (Å²) in [6.07, 6.45) is 0. The molecule has 3 nitrogen and oxygen atoms in total. The summed E-state index contributed by atoms with van der Waals surface area (Å²) < 4.78 is 59.7. The molecule has 0 fully saturated rings. The quantitative estimate of drug-likeness (QED) is 0.880. The van der Waals surface area contributed by atoms with Crippen molar-refractivity contribution in [2.75, 3.05) is 4.72 Å². The Bertz CT molecular complexity index is 474. The van der Waals surface area contributed by atoms with E-state index in [0.29, 0.717) is 11.1 Å². The molecular formula is C9H10F3NO2S. The fourth-order valence-electron chi connectivity index (χ4n) is 1.17. The number of halogens is 3. The van der Waals surface area contributed by atoms with Crippen LogP contribution in [0.25, 0.3) is 0 Å². The molecule has 0 heterocycles. The Balaban J connectivity index is 3.17. The van der Waals surface area contributed by atoms with E-state index in [1.165, 1.54) is 26.0 Å². The first-order valence-corrected chi connectivity index (χ1v) is 5.79. The number of anilines is 1. The van der Waals surface area contributed by atoms with E-state index in [4.69, 9.17) is 0 Å². The Morgan fingerprint density at radius 3 is 1.94 bits per heavy atom. The Morgan fingerprint density at radius 1 is 1.12 bits per heavy atom. The Kier molecular flexibility index (Phi) is 3.18. The molecule has 0 amide bonds. The molecule has 1 aromatic rings. The third kappa shape index (κ3) is 2.46. The lowest BCUT2D eigenvalue weighted by Gasteiger charge is -2.14. The van der Waals surface area contributed by atoms with E-state index in [1.54, 1.807) is 10.8 Å². The Labute approximate surface area is 91.3 Å². The van der Waals surface area contributed by atoms with Crippen LogP contribution in [0, 0.1) is 13.8 Å². The molecule has 1 aromatic carbocycles. The van der Waals surface area contributed by atoms with Gasteiger partial charge < -0.3 is 0 Å². The van der Waals surface area contributed by atoms with E-state index in [0.717, 1.165) is 0 Å². The van der Waals surface area contributed by atoms with Gasteiger partial charge in [-0.05, 0) is 25.0 Å². The molecule has 0 spiro atoms. The fourth-order valence-corrected chi connectivity index (χ4v) is 1.87. The van der Waals surface area contributed by atoms with Crippen molar-refractivity contribution in [3.05, 3.63) is 29.3 Å². The van der Waals surface area contributed by atoms with Gasteiger partial charge >= 0.3 is 15.5 Å². The van der Waals surface area contributed by atoms with Crippen molar-refractivity contribution in [3.8, 4) is 0 Å². The summed E-state index contributed by atoms with van der Waals surface area (Å²) in [4.78, 5) is 0. The molecule has 0 unspecified atom stereocenters. The zero-order chi connectivity index (χ0) is 12.6. The van der Waals surface area contributed by atoms with Crippen LogP contribution >= 0.6 is 0 Å². The van der Waals surface area contributed by atoms with Crippen LogP contribution in [-0.4, -0.2) is 13.9 Å². The minimum Gasteiger partial charge on any atom is -0.275 e. The van der Waals surface area contributed by atoms with Crippen molar-refractivity contribution in [2.24, 2.45) is 0 Å². The maximum atomic E-state index is 12.1. The molecule has 0 aliphatic heterocycles. The lowest BCUT2D eigenvalue weighted by molar-refractivity contribution is -0.0429. The predicted molar refractivity (Wildman–Crippen MR) is 54.5 cm³/mol. The SMILES string of the molecule is Cc1cccc(C)c1NS(=O)(=O)C(F)(F)F. The van der Waals surface area contributed by atoms with E-state index in [-0.39, 0.29) is 5.69 Å². The predicted octanol–water partition coefficient (Wildman–Crippen LogP) is 2.56. The maximum absolute atomic E-state index is 12.1. The first-order chi connectivity index (χ1) is 7.15. The van der Waals surface area contributed by atoms with Crippen LogP contribution in [-0.2, 0) is 10.0 Å². The fraction of sp³-hybridized carbons (Fsp3) is 0.333. The average Bonchev–Trinajstić information content (AvgIpc) is 2.10. The first kappa shape index (κ1) is 12.8. The highest BCUT2D eigenvalue weighted by Crippen LogP contribution is 2.28. The van der Waals surface area contributed by atoms with Gasteiger partial charge in [-0.25, -0.2) is 0 Å². The number of aryl methyl sites for hydroxylation is 2. The topological polar surface area (TPSA) is 46.2 Å². The molecule has 1 N–H and O–H groups in total. The first-order valence-electron chi connectivity index (χ1n) is 4.30. The van der Waals surface area contributed by atoms with Gasteiger partial charge in [-0.2, -0.15) is 21.6 Å². The molecule has 1 rings (SSSR count). The number of rotatable bonds is 2. The minimum absolute atomic E-state index is 0.0279. The smallest absolute Gasteiger partial charge is 0.275 e. The van der Waals surface area contributed by atoms with Gasteiger partial charge in [-0.1, -0.05) is 18.2 Å². The second-order valence-electron chi connectivity index (χ2n) is 3.32. The van der Waals surface area contributed by atoms with Crippen molar-refractivity contribution in [1.29, 1.82) is 0 Å². The monoisotopic (exact) mass is 253 g/mol. The van der Waals surface area contributed by atoms with Crippen LogP contribution in [0.2, 0.25) is 0 Å². The highest BCUT2D eigenvalue weighted by atomic mass is 32.2. The number of nitrogens with one attached hydrogen (secondary N) is 1. The lowest BCUT2D eigenvalue weighted by atomic mass is 10.1. The normalized spacial score (nSPS) is 12.6. The van der Waals surface area contributed by atoms with Crippen LogP contribution in [0.1, 0.15) is 11.1 Å². The van der Waals surface area contributed by atoms with Crippen molar-refractivity contribution >= 4 is 15.7 Å². The summed E-state index contributed by atoms with van der Waals surface area (Å²) in [5.74, 6) is 0. The highest BCUT2D eigenvalue weighted by Gasteiger charge is 2.46.